The summed E-state index contributed by atoms with van der Waals surface area (Å²) in [6.07, 6.45) is 3.18. The third-order valence-electron chi connectivity index (χ3n) is 3.63. The number of aromatic amines is 1. The molecule has 0 aliphatic rings. The maximum absolute atomic E-state index is 4.10. The van der Waals surface area contributed by atoms with E-state index in [0.717, 1.165) is 29.6 Å². The molecule has 0 atom stereocenters. The van der Waals surface area contributed by atoms with Gasteiger partial charge in [0.15, 0.2) is 0 Å². The zero-order valence-corrected chi connectivity index (χ0v) is 14.0. The summed E-state index contributed by atoms with van der Waals surface area (Å²) in [7, 11) is 4.21. The fraction of sp³-hybridized carbons (Fsp3) is 0.375. The highest BCUT2D eigenvalue weighted by molar-refractivity contribution is 7.15. The molecule has 2 heterocycles. The lowest BCUT2D eigenvalue weighted by molar-refractivity contribution is 0.414. The highest BCUT2D eigenvalue weighted by atomic mass is 32.1. The van der Waals surface area contributed by atoms with Crippen molar-refractivity contribution in [1.82, 2.24) is 20.1 Å². The normalized spacial score (nSPS) is 11.5. The van der Waals surface area contributed by atoms with Gasteiger partial charge in [-0.3, -0.25) is 0 Å². The minimum atomic E-state index is 0.767. The van der Waals surface area contributed by atoms with E-state index in [2.05, 4.69) is 63.9 Å². The van der Waals surface area contributed by atoms with Crippen LogP contribution >= 0.6 is 11.3 Å². The van der Waals surface area contributed by atoms with E-state index in [0.29, 0.717) is 0 Å². The molecule has 3 rings (SSSR count). The molecule has 22 heavy (non-hydrogen) atoms. The summed E-state index contributed by atoms with van der Waals surface area (Å²) in [6, 6.07) is 6.56. The van der Waals surface area contributed by atoms with E-state index in [1.165, 1.54) is 22.0 Å². The van der Waals surface area contributed by atoms with Crippen molar-refractivity contribution in [2.45, 2.75) is 19.9 Å². The van der Waals surface area contributed by atoms with Gasteiger partial charge in [-0.25, -0.2) is 0 Å². The molecule has 3 aromatic rings. The number of aryl methyl sites for hydroxylation is 1. The minimum absolute atomic E-state index is 0.767. The van der Waals surface area contributed by atoms with Crippen LogP contribution in [-0.2, 0) is 13.0 Å². The Balaban J connectivity index is 1.74. The van der Waals surface area contributed by atoms with Gasteiger partial charge in [-0.1, -0.05) is 17.4 Å². The van der Waals surface area contributed by atoms with E-state index in [4.69, 9.17) is 0 Å². The lowest BCUT2D eigenvalue weighted by atomic mass is 10.1. The molecule has 116 valence electrons. The van der Waals surface area contributed by atoms with E-state index in [1.807, 2.05) is 6.92 Å². The van der Waals surface area contributed by atoms with Crippen molar-refractivity contribution < 1.29 is 0 Å². The highest BCUT2D eigenvalue weighted by Gasteiger charge is 2.06. The second-order valence-corrected chi connectivity index (χ2v) is 6.91. The Labute approximate surface area is 134 Å². The molecule has 2 N–H and O–H groups in total. The zero-order chi connectivity index (χ0) is 15.5. The van der Waals surface area contributed by atoms with Crippen LogP contribution in [0.3, 0.4) is 0 Å². The summed E-state index contributed by atoms with van der Waals surface area (Å²) in [5.74, 6) is 0. The van der Waals surface area contributed by atoms with Crippen LogP contribution in [0.4, 0.5) is 5.13 Å². The molecule has 0 radical (unpaired) electrons. The van der Waals surface area contributed by atoms with Crippen molar-refractivity contribution >= 4 is 27.4 Å². The molecule has 0 saturated carbocycles. The third-order valence-corrected chi connectivity index (χ3v) is 4.43. The number of likely N-dealkylation sites (N-methyl/N-ethyl adjacent to an activating group) is 1. The van der Waals surface area contributed by atoms with Gasteiger partial charge in [-0.2, -0.15) is 0 Å². The van der Waals surface area contributed by atoms with Crippen LogP contribution in [0.15, 0.2) is 24.4 Å². The van der Waals surface area contributed by atoms with Gasteiger partial charge >= 0.3 is 0 Å². The molecular formula is C16H21N5S. The number of H-pyrrole nitrogens is 1. The molecule has 5 nitrogen and oxygen atoms in total. The van der Waals surface area contributed by atoms with Gasteiger partial charge in [0.2, 0.25) is 5.13 Å². The lowest BCUT2D eigenvalue weighted by Gasteiger charge is -2.08. The fourth-order valence-electron chi connectivity index (χ4n) is 2.43. The van der Waals surface area contributed by atoms with Crippen molar-refractivity contribution in [3.8, 4) is 0 Å². The average Bonchev–Trinajstić information content (AvgIpc) is 3.08. The third kappa shape index (κ3) is 3.45. The molecule has 1 aromatic carbocycles. The first kappa shape index (κ1) is 15.0. The highest BCUT2D eigenvalue weighted by Crippen LogP contribution is 2.22. The molecule has 0 saturated heterocycles. The monoisotopic (exact) mass is 315 g/mol. The van der Waals surface area contributed by atoms with E-state index in [1.54, 1.807) is 11.3 Å². The first-order valence-electron chi connectivity index (χ1n) is 7.39. The van der Waals surface area contributed by atoms with E-state index < -0.39 is 0 Å². The minimum Gasteiger partial charge on any atom is -0.361 e. The molecule has 2 aromatic heterocycles. The molecule has 0 spiro atoms. The summed E-state index contributed by atoms with van der Waals surface area (Å²) in [6.45, 7) is 3.79. The topological polar surface area (TPSA) is 56.8 Å². The number of benzene rings is 1. The molecule has 0 aliphatic carbocycles. The number of aromatic nitrogens is 3. The van der Waals surface area contributed by atoms with Crippen molar-refractivity contribution in [2.24, 2.45) is 0 Å². The summed E-state index contributed by atoms with van der Waals surface area (Å²) >= 11 is 1.58. The van der Waals surface area contributed by atoms with Crippen molar-refractivity contribution in [3.63, 3.8) is 0 Å². The predicted molar refractivity (Wildman–Crippen MR) is 92.5 cm³/mol. The van der Waals surface area contributed by atoms with Crippen molar-refractivity contribution in [1.29, 1.82) is 0 Å². The standard InChI is InChI=1S/C16H21N5S/c1-11-19-20-16(22-11)18-9-12-4-5-15-14(8-12)13(10-17-15)6-7-21(2)3/h4-5,8,10,17H,6-7,9H2,1-3H3,(H,18,20). The van der Waals surface area contributed by atoms with Crippen molar-refractivity contribution in [3.05, 3.63) is 40.5 Å². The molecule has 0 unspecified atom stereocenters. The Morgan fingerprint density at radius 2 is 2.14 bits per heavy atom. The van der Waals surface area contributed by atoms with Crippen molar-refractivity contribution in [2.75, 3.05) is 26.0 Å². The maximum Gasteiger partial charge on any atom is 0.205 e. The Bertz CT molecular complexity index is 759. The number of hydrogen-bond acceptors (Lipinski definition) is 5. The Morgan fingerprint density at radius 1 is 1.27 bits per heavy atom. The average molecular weight is 315 g/mol. The molecule has 6 heteroatoms. The largest absolute Gasteiger partial charge is 0.361 e. The van der Waals surface area contributed by atoms with Crippen LogP contribution in [0.25, 0.3) is 10.9 Å². The summed E-state index contributed by atoms with van der Waals surface area (Å²) in [5, 5.41) is 14.6. The van der Waals surface area contributed by atoms with Crippen LogP contribution < -0.4 is 5.32 Å². The maximum atomic E-state index is 4.10. The number of rotatable bonds is 6. The van der Waals surface area contributed by atoms with E-state index in [9.17, 15) is 0 Å². The van der Waals surface area contributed by atoms with E-state index in [-0.39, 0.29) is 0 Å². The quantitative estimate of drug-likeness (QED) is 0.734. The van der Waals surface area contributed by atoms with Gasteiger partial charge in [0.25, 0.3) is 0 Å². The predicted octanol–water partition coefficient (Wildman–Crippen LogP) is 3.04. The Morgan fingerprint density at radius 3 is 2.86 bits per heavy atom. The van der Waals surface area contributed by atoms with Gasteiger partial charge in [0.05, 0.1) is 0 Å². The summed E-state index contributed by atoms with van der Waals surface area (Å²) in [4.78, 5) is 5.57. The molecule has 0 bridgehead atoms. The van der Waals surface area contributed by atoms with Crippen LogP contribution in [0.2, 0.25) is 0 Å². The second kappa shape index (κ2) is 6.46. The summed E-state index contributed by atoms with van der Waals surface area (Å²) < 4.78 is 0. The van der Waals surface area contributed by atoms with E-state index >= 15 is 0 Å². The number of fused-ring (bicyclic) bond motifs is 1. The molecule has 0 amide bonds. The first-order chi connectivity index (χ1) is 10.6. The lowest BCUT2D eigenvalue weighted by Crippen LogP contribution is -2.14. The second-order valence-electron chi connectivity index (χ2n) is 5.73. The van der Waals surface area contributed by atoms with Gasteiger partial charge in [-0.15, -0.1) is 10.2 Å². The smallest absolute Gasteiger partial charge is 0.205 e. The summed E-state index contributed by atoms with van der Waals surface area (Å²) in [5.41, 5.74) is 3.83. The Kier molecular flexibility index (Phi) is 4.40. The van der Waals surface area contributed by atoms with Crippen LogP contribution in [-0.4, -0.2) is 40.7 Å². The SMILES string of the molecule is Cc1nnc(NCc2ccc3[nH]cc(CCN(C)C)c3c2)s1. The van der Waals surface area contributed by atoms with Crippen LogP contribution in [0.5, 0.6) is 0 Å². The Hall–Kier alpha value is -1.92. The fourth-order valence-corrected chi connectivity index (χ4v) is 3.02. The number of hydrogen-bond donors (Lipinski definition) is 2. The van der Waals surface area contributed by atoms with Gasteiger partial charge in [0, 0.05) is 30.2 Å². The van der Waals surface area contributed by atoms with Gasteiger partial charge in [-0.05, 0) is 50.7 Å². The van der Waals surface area contributed by atoms with Gasteiger partial charge < -0.3 is 15.2 Å². The number of nitrogens with zero attached hydrogens (tertiary/aromatic N) is 3. The number of nitrogens with one attached hydrogen (secondary N) is 2. The first-order valence-corrected chi connectivity index (χ1v) is 8.21. The zero-order valence-electron chi connectivity index (χ0n) is 13.2. The van der Waals surface area contributed by atoms with Crippen LogP contribution in [0.1, 0.15) is 16.1 Å². The molecular weight excluding hydrogens is 294 g/mol. The van der Waals surface area contributed by atoms with Crippen LogP contribution in [0, 0.1) is 6.92 Å². The molecule has 0 fully saturated rings. The number of anilines is 1. The molecule has 0 aliphatic heterocycles. The van der Waals surface area contributed by atoms with Gasteiger partial charge in [0.1, 0.15) is 5.01 Å².